The molecule has 0 fully saturated rings. The number of nitrogens with zero attached hydrogens (tertiary/aromatic N) is 1. The number of halogens is 2. The Morgan fingerprint density at radius 2 is 1.62 bits per heavy atom. The summed E-state index contributed by atoms with van der Waals surface area (Å²) in [5.41, 5.74) is 1.57. The fraction of sp³-hybridized carbons (Fsp3) is 0.350. The largest absolute Gasteiger partial charge is 0.353 e. The van der Waals surface area contributed by atoms with Gasteiger partial charge < -0.3 is 5.32 Å². The highest BCUT2D eigenvalue weighted by Crippen LogP contribution is 2.24. The van der Waals surface area contributed by atoms with Gasteiger partial charge in [0.05, 0.1) is 11.9 Å². The second-order valence-corrected chi connectivity index (χ2v) is 10.3. The van der Waals surface area contributed by atoms with Gasteiger partial charge in [0.2, 0.25) is 15.9 Å². The molecular formula is C20H24Cl2N2O3S2. The second-order valence-electron chi connectivity index (χ2n) is 6.43. The second kappa shape index (κ2) is 11.1. The van der Waals surface area contributed by atoms with Crippen LogP contribution in [0.1, 0.15) is 18.9 Å². The first-order valence-corrected chi connectivity index (χ1v) is 12.8. The number of hydrogen-bond donors (Lipinski definition) is 1. The molecule has 29 heavy (non-hydrogen) atoms. The first-order valence-electron chi connectivity index (χ1n) is 9.07. The maximum absolute atomic E-state index is 12.7. The Bertz CT molecular complexity index is 904. The first-order chi connectivity index (χ1) is 13.7. The first kappa shape index (κ1) is 23.9. The smallest absolute Gasteiger partial charge is 0.243 e. The van der Waals surface area contributed by atoms with E-state index in [2.05, 4.69) is 5.32 Å². The van der Waals surface area contributed by atoms with Crippen LogP contribution >= 0.6 is 35.0 Å². The highest BCUT2D eigenvalue weighted by molar-refractivity contribution is 7.98. The molecule has 0 heterocycles. The molecule has 0 saturated heterocycles. The van der Waals surface area contributed by atoms with Gasteiger partial charge in [-0.1, -0.05) is 42.3 Å². The summed E-state index contributed by atoms with van der Waals surface area (Å²) < 4.78 is 25.9. The zero-order valence-electron chi connectivity index (χ0n) is 16.3. The third-order valence-electron chi connectivity index (χ3n) is 4.14. The summed E-state index contributed by atoms with van der Waals surface area (Å²) in [6, 6.07) is 13.2. The predicted molar refractivity (Wildman–Crippen MR) is 123 cm³/mol. The van der Waals surface area contributed by atoms with E-state index in [9.17, 15) is 13.2 Å². The van der Waals surface area contributed by atoms with Gasteiger partial charge in [-0.15, -0.1) is 0 Å². The third-order valence-corrected chi connectivity index (χ3v) is 6.85. The molecule has 1 atom stereocenters. The van der Waals surface area contributed by atoms with Crippen molar-refractivity contribution in [2.24, 2.45) is 0 Å². The van der Waals surface area contributed by atoms with E-state index in [1.165, 1.54) is 0 Å². The van der Waals surface area contributed by atoms with E-state index in [0.29, 0.717) is 34.5 Å². The molecule has 9 heteroatoms. The SMILES string of the molecule is CCC(C(=O)NCCSCc1ccc(Cl)cc1)N(c1ccc(Cl)cc1)S(C)(=O)=O. The molecule has 2 rings (SSSR count). The molecule has 158 valence electrons. The Hall–Kier alpha value is -1.41. The minimum atomic E-state index is -3.65. The number of rotatable bonds is 10. The van der Waals surface area contributed by atoms with Crippen molar-refractivity contribution in [3.05, 3.63) is 64.1 Å². The van der Waals surface area contributed by atoms with Crippen molar-refractivity contribution in [2.75, 3.05) is 22.9 Å². The Morgan fingerprint density at radius 3 is 2.14 bits per heavy atom. The van der Waals surface area contributed by atoms with Crippen LogP contribution in [0.3, 0.4) is 0 Å². The van der Waals surface area contributed by atoms with Crippen LogP contribution in [0.25, 0.3) is 0 Å². The standard InChI is InChI=1S/C20H24Cl2N2O3S2/c1-3-19(24(29(2,26)27)18-10-8-17(22)9-11-18)20(25)23-12-13-28-14-15-4-6-16(21)7-5-15/h4-11,19H,3,12-14H2,1-2H3,(H,23,25). The number of hydrogen-bond acceptors (Lipinski definition) is 4. The molecule has 0 bridgehead atoms. The summed E-state index contributed by atoms with van der Waals surface area (Å²) in [4.78, 5) is 12.7. The molecular weight excluding hydrogens is 451 g/mol. The molecule has 0 spiro atoms. The molecule has 0 saturated carbocycles. The number of sulfonamides is 1. The Morgan fingerprint density at radius 1 is 1.07 bits per heavy atom. The summed E-state index contributed by atoms with van der Waals surface area (Å²) in [7, 11) is -3.65. The minimum Gasteiger partial charge on any atom is -0.353 e. The average molecular weight is 475 g/mol. The summed E-state index contributed by atoms with van der Waals surface area (Å²) in [6.45, 7) is 2.24. The number of carbonyl (C=O) groups excluding carboxylic acids is 1. The van der Waals surface area contributed by atoms with Gasteiger partial charge in [-0.25, -0.2) is 8.42 Å². The number of nitrogens with one attached hydrogen (secondary N) is 1. The van der Waals surface area contributed by atoms with E-state index in [-0.39, 0.29) is 5.91 Å². The van der Waals surface area contributed by atoms with Gasteiger partial charge in [-0.3, -0.25) is 9.10 Å². The number of carbonyl (C=O) groups is 1. The highest BCUT2D eigenvalue weighted by Gasteiger charge is 2.31. The Balaban J connectivity index is 1.94. The lowest BCUT2D eigenvalue weighted by molar-refractivity contribution is -0.122. The maximum atomic E-state index is 12.7. The molecule has 1 unspecified atom stereocenters. The topological polar surface area (TPSA) is 66.5 Å². The molecule has 0 aliphatic rings. The van der Waals surface area contributed by atoms with Gasteiger partial charge in [0.25, 0.3) is 0 Å². The van der Waals surface area contributed by atoms with Gasteiger partial charge in [-0.2, -0.15) is 11.8 Å². The molecule has 0 radical (unpaired) electrons. The van der Waals surface area contributed by atoms with Crippen molar-refractivity contribution in [2.45, 2.75) is 25.1 Å². The fourth-order valence-electron chi connectivity index (χ4n) is 2.78. The Kier molecular flexibility index (Phi) is 9.14. The molecule has 0 aromatic heterocycles. The van der Waals surface area contributed by atoms with Crippen LogP contribution in [-0.2, 0) is 20.6 Å². The molecule has 2 aromatic carbocycles. The normalized spacial score (nSPS) is 12.4. The maximum Gasteiger partial charge on any atom is 0.243 e. The van der Waals surface area contributed by atoms with Gasteiger partial charge >= 0.3 is 0 Å². The summed E-state index contributed by atoms with van der Waals surface area (Å²) in [5.74, 6) is 1.20. The van der Waals surface area contributed by atoms with E-state index in [1.807, 2.05) is 24.3 Å². The van der Waals surface area contributed by atoms with Crippen LogP contribution in [0.15, 0.2) is 48.5 Å². The molecule has 1 amide bonds. The zero-order chi connectivity index (χ0) is 21.4. The van der Waals surface area contributed by atoms with E-state index >= 15 is 0 Å². The van der Waals surface area contributed by atoms with Gasteiger partial charge in [0.1, 0.15) is 6.04 Å². The number of benzene rings is 2. The third kappa shape index (κ3) is 7.41. The lowest BCUT2D eigenvalue weighted by atomic mass is 10.2. The van der Waals surface area contributed by atoms with Crippen molar-refractivity contribution in [3.63, 3.8) is 0 Å². The van der Waals surface area contributed by atoms with Crippen LogP contribution < -0.4 is 9.62 Å². The molecule has 2 aromatic rings. The quantitative estimate of drug-likeness (QED) is 0.511. The van der Waals surface area contributed by atoms with Gasteiger partial charge in [0, 0.05) is 28.1 Å². The van der Waals surface area contributed by atoms with Crippen molar-refractivity contribution in [1.29, 1.82) is 0 Å². The van der Waals surface area contributed by atoms with Crippen LogP contribution in [-0.4, -0.2) is 38.9 Å². The minimum absolute atomic E-state index is 0.319. The number of thioether (sulfide) groups is 1. The molecule has 5 nitrogen and oxygen atoms in total. The van der Waals surface area contributed by atoms with Gasteiger partial charge in [-0.05, 0) is 48.4 Å². The molecule has 0 aliphatic carbocycles. The lowest BCUT2D eigenvalue weighted by Crippen LogP contribution is -2.49. The lowest BCUT2D eigenvalue weighted by Gasteiger charge is -2.30. The van der Waals surface area contributed by atoms with Crippen LogP contribution in [0.5, 0.6) is 0 Å². The molecule has 1 N–H and O–H groups in total. The van der Waals surface area contributed by atoms with E-state index in [1.54, 1.807) is 43.0 Å². The highest BCUT2D eigenvalue weighted by atomic mass is 35.5. The van der Waals surface area contributed by atoms with E-state index in [4.69, 9.17) is 23.2 Å². The fourth-order valence-corrected chi connectivity index (χ4v) is 5.07. The predicted octanol–water partition coefficient (Wildman–Crippen LogP) is 4.59. The van der Waals surface area contributed by atoms with Crippen LogP contribution in [0.4, 0.5) is 5.69 Å². The van der Waals surface area contributed by atoms with Crippen molar-refractivity contribution in [1.82, 2.24) is 5.32 Å². The van der Waals surface area contributed by atoms with Crippen molar-refractivity contribution >= 4 is 56.6 Å². The molecule has 0 aliphatic heterocycles. The van der Waals surface area contributed by atoms with Crippen LogP contribution in [0.2, 0.25) is 10.0 Å². The zero-order valence-corrected chi connectivity index (χ0v) is 19.4. The van der Waals surface area contributed by atoms with E-state index in [0.717, 1.165) is 21.9 Å². The van der Waals surface area contributed by atoms with Crippen LogP contribution in [0, 0.1) is 0 Å². The van der Waals surface area contributed by atoms with Gasteiger partial charge in [0.15, 0.2) is 0 Å². The summed E-state index contributed by atoms with van der Waals surface area (Å²) in [5, 5.41) is 4.05. The number of amides is 1. The summed E-state index contributed by atoms with van der Waals surface area (Å²) in [6.07, 6.45) is 1.44. The average Bonchev–Trinajstić information content (AvgIpc) is 2.67. The van der Waals surface area contributed by atoms with Crippen molar-refractivity contribution in [3.8, 4) is 0 Å². The van der Waals surface area contributed by atoms with Crippen molar-refractivity contribution < 1.29 is 13.2 Å². The monoisotopic (exact) mass is 474 g/mol. The Labute approximate surface area is 186 Å². The number of anilines is 1. The summed E-state index contributed by atoms with van der Waals surface area (Å²) >= 11 is 13.5. The van der Waals surface area contributed by atoms with E-state index < -0.39 is 16.1 Å².